The van der Waals surface area contributed by atoms with E-state index in [1.165, 1.54) is 22.0 Å². The molecule has 0 saturated heterocycles. The van der Waals surface area contributed by atoms with Crippen LogP contribution in [-0.2, 0) is 12.8 Å². The van der Waals surface area contributed by atoms with Crippen molar-refractivity contribution in [3.63, 3.8) is 0 Å². The molecule has 3 heteroatoms. The van der Waals surface area contributed by atoms with E-state index < -0.39 is 0 Å². The number of aromatic nitrogens is 1. The van der Waals surface area contributed by atoms with Gasteiger partial charge in [-0.15, -0.1) is 0 Å². The van der Waals surface area contributed by atoms with E-state index in [-0.39, 0.29) is 0 Å². The molecule has 3 rings (SSSR count). The number of nitrogens with zero attached hydrogens (tertiary/aromatic N) is 1. The van der Waals surface area contributed by atoms with Crippen molar-refractivity contribution in [2.75, 3.05) is 0 Å². The molecule has 104 valence electrons. The van der Waals surface area contributed by atoms with Crippen molar-refractivity contribution < 1.29 is 0 Å². The largest absolute Gasteiger partial charge is 0.306 e. The number of fused-ring (bicyclic) bond motifs is 1. The minimum atomic E-state index is 0.304. The second-order valence-corrected chi connectivity index (χ2v) is 6.41. The normalized spacial score (nSPS) is 19.4. The van der Waals surface area contributed by atoms with Gasteiger partial charge in [0.05, 0.1) is 5.69 Å². The minimum absolute atomic E-state index is 0.304. The first-order valence-electron chi connectivity index (χ1n) is 7.16. The highest BCUT2D eigenvalue weighted by Crippen LogP contribution is 2.26. The summed E-state index contributed by atoms with van der Waals surface area (Å²) in [6.45, 7) is 2.19. The molecule has 1 unspecified atom stereocenters. The average molecular weight is 331 g/mol. The summed E-state index contributed by atoms with van der Waals surface area (Å²) < 4.78 is 1.18. The first-order valence-corrected chi connectivity index (χ1v) is 7.96. The Morgan fingerprint density at radius 2 is 2.15 bits per heavy atom. The van der Waals surface area contributed by atoms with Crippen LogP contribution in [0.4, 0.5) is 0 Å². The summed E-state index contributed by atoms with van der Waals surface area (Å²) in [5.41, 5.74) is 4.09. The number of halogens is 1. The summed E-state index contributed by atoms with van der Waals surface area (Å²) in [6.07, 6.45) is 5.32. The van der Waals surface area contributed by atoms with E-state index in [4.69, 9.17) is 0 Å². The van der Waals surface area contributed by atoms with Crippen LogP contribution < -0.4 is 5.32 Å². The zero-order valence-corrected chi connectivity index (χ0v) is 13.2. The van der Waals surface area contributed by atoms with Gasteiger partial charge in [-0.1, -0.05) is 28.1 Å². The monoisotopic (exact) mass is 330 g/mol. The second kappa shape index (κ2) is 6.06. The standard InChI is InChI=1S/C17H19BrN2/c1-12(17-4-2-3-9-19-17)20-16-8-6-13-10-15(18)7-5-14(13)11-16/h2-5,7,9-10,12,16,20H,6,8,11H2,1H3/t12-,16?/m0/s1. The fraction of sp³-hybridized carbons (Fsp3) is 0.353. The number of hydrogen-bond donors (Lipinski definition) is 1. The molecule has 0 radical (unpaired) electrons. The van der Waals surface area contributed by atoms with Crippen LogP contribution in [0.1, 0.15) is 36.2 Å². The smallest absolute Gasteiger partial charge is 0.0570 e. The van der Waals surface area contributed by atoms with E-state index in [2.05, 4.69) is 57.4 Å². The van der Waals surface area contributed by atoms with Gasteiger partial charge in [-0.3, -0.25) is 4.98 Å². The predicted molar refractivity (Wildman–Crippen MR) is 85.7 cm³/mol. The molecule has 2 atom stereocenters. The van der Waals surface area contributed by atoms with Gasteiger partial charge in [0, 0.05) is 22.8 Å². The SMILES string of the molecule is C[C@H](NC1CCc2cc(Br)ccc2C1)c1ccccn1. The maximum atomic E-state index is 4.43. The van der Waals surface area contributed by atoms with Crippen LogP contribution in [0.3, 0.4) is 0 Å². The van der Waals surface area contributed by atoms with Crippen LogP contribution in [-0.4, -0.2) is 11.0 Å². The lowest BCUT2D eigenvalue weighted by Gasteiger charge is -2.28. The molecule has 2 aromatic rings. The van der Waals surface area contributed by atoms with Gasteiger partial charge in [0.25, 0.3) is 0 Å². The number of pyridine rings is 1. The molecule has 0 spiro atoms. The Morgan fingerprint density at radius 3 is 2.95 bits per heavy atom. The summed E-state index contributed by atoms with van der Waals surface area (Å²) in [6, 6.07) is 13.6. The lowest BCUT2D eigenvalue weighted by Crippen LogP contribution is -2.36. The Hall–Kier alpha value is -1.19. The zero-order chi connectivity index (χ0) is 13.9. The molecular weight excluding hydrogens is 312 g/mol. The van der Waals surface area contributed by atoms with E-state index in [0.717, 1.165) is 18.5 Å². The molecule has 1 heterocycles. The van der Waals surface area contributed by atoms with Crippen molar-refractivity contribution in [3.05, 3.63) is 63.9 Å². The highest BCUT2D eigenvalue weighted by molar-refractivity contribution is 9.10. The van der Waals surface area contributed by atoms with Crippen LogP contribution in [0, 0.1) is 0 Å². The molecule has 1 aliphatic carbocycles. The minimum Gasteiger partial charge on any atom is -0.306 e. The number of hydrogen-bond acceptors (Lipinski definition) is 2. The fourth-order valence-corrected chi connectivity index (χ4v) is 3.35. The molecule has 0 fully saturated rings. The molecule has 2 nitrogen and oxygen atoms in total. The Balaban J connectivity index is 1.67. The molecule has 1 aliphatic rings. The molecule has 1 aromatic heterocycles. The molecule has 0 aliphatic heterocycles. The summed E-state index contributed by atoms with van der Waals surface area (Å²) in [7, 11) is 0. The third-order valence-electron chi connectivity index (χ3n) is 4.01. The van der Waals surface area contributed by atoms with Gasteiger partial charge >= 0.3 is 0 Å². The Kier molecular flexibility index (Phi) is 4.18. The topological polar surface area (TPSA) is 24.9 Å². The quantitative estimate of drug-likeness (QED) is 0.918. The summed E-state index contributed by atoms with van der Waals surface area (Å²) >= 11 is 3.55. The highest BCUT2D eigenvalue weighted by atomic mass is 79.9. The molecule has 20 heavy (non-hydrogen) atoms. The van der Waals surface area contributed by atoms with Crippen LogP contribution >= 0.6 is 15.9 Å². The summed E-state index contributed by atoms with van der Waals surface area (Å²) in [5.74, 6) is 0. The van der Waals surface area contributed by atoms with E-state index in [1.807, 2.05) is 18.3 Å². The van der Waals surface area contributed by atoms with Crippen LogP contribution in [0.2, 0.25) is 0 Å². The number of benzene rings is 1. The van der Waals surface area contributed by atoms with Crippen LogP contribution in [0.15, 0.2) is 47.1 Å². The van der Waals surface area contributed by atoms with Gasteiger partial charge in [0.2, 0.25) is 0 Å². The van der Waals surface area contributed by atoms with E-state index in [0.29, 0.717) is 12.1 Å². The maximum Gasteiger partial charge on any atom is 0.0570 e. The van der Waals surface area contributed by atoms with Crippen LogP contribution in [0.5, 0.6) is 0 Å². The predicted octanol–water partition coefficient (Wildman–Crippen LogP) is 4.05. The van der Waals surface area contributed by atoms with Crippen molar-refractivity contribution in [1.82, 2.24) is 10.3 Å². The van der Waals surface area contributed by atoms with Gasteiger partial charge < -0.3 is 5.32 Å². The molecule has 0 saturated carbocycles. The molecule has 0 bridgehead atoms. The zero-order valence-electron chi connectivity index (χ0n) is 11.6. The molecule has 1 aromatic carbocycles. The third kappa shape index (κ3) is 3.10. The molecule has 0 amide bonds. The van der Waals surface area contributed by atoms with E-state index in [9.17, 15) is 0 Å². The fourth-order valence-electron chi connectivity index (χ4n) is 2.94. The Labute approximate surface area is 128 Å². The maximum absolute atomic E-state index is 4.43. The second-order valence-electron chi connectivity index (χ2n) is 5.50. The van der Waals surface area contributed by atoms with Gasteiger partial charge in [0.1, 0.15) is 0 Å². The van der Waals surface area contributed by atoms with Crippen molar-refractivity contribution in [2.45, 2.75) is 38.3 Å². The number of aryl methyl sites for hydroxylation is 1. The summed E-state index contributed by atoms with van der Waals surface area (Å²) in [4.78, 5) is 4.43. The van der Waals surface area contributed by atoms with Gasteiger partial charge in [-0.2, -0.15) is 0 Å². The average Bonchev–Trinajstić information content (AvgIpc) is 2.48. The molecular formula is C17H19BrN2. The van der Waals surface area contributed by atoms with E-state index >= 15 is 0 Å². The lowest BCUT2D eigenvalue weighted by molar-refractivity contribution is 0.409. The highest BCUT2D eigenvalue weighted by Gasteiger charge is 2.20. The van der Waals surface area contributed by atoms with Crippen molar-refractivity contribution >= 4 is 15.9 Å². The number of nitrogens with one attached hydrogen (secondary N) is 1. The lowest BCUT2D eigenvalue weighted by atomic mass is 9.88. The van der Waals surface area contributed by atoms with Crippen molar-refractivity contribution in [1.29, 1.82) is 0 Å². The van der Waals surface area contributed by atoms with Gasteiger partial charge in [-0.05, 0) is 61.6 Å². The van der Waals surface area contributed by atoms with Gasteiger partial charge in [-0.25, -0.2) is 0 Å². The van der Waals surface area contributed by atoms with E-state index in [1.54, 1.807) is 0 Å². The summed E-state index contributed by atoms with van der Waals surface area (Å²) in [5, 5.41) is 3.72. The Morgan fingerprint density at radius 1 is 1.25 bits per heavy atom. The van der Waals surface area contributed by atoms with Crippen molar-refractivity contribution in [3.8, 4) is 0 Å². The number of rotatable bonds is 3. The first-order chi connectivity index (χ1) is 9.72. The third-order valence-corrected chi connectivity index (χ3v) is 4.51. The first kappa shape index (κ1) is 13.8. The molecule has 1 N–H and O–H groups in total. The van der Waals surface area contributed by atoms with Gasteiger partial charge in [0.15, 0.2) is 0 Å². The Bertz CT molecular complexity index is 583. The van der Waals surface area contributed by atoms with Crippen LogP contribution in [0.25, 0.3) is 0 Å². The van der Waals surface area contributed by atoms with Crippen molar-refractivity contribution in [2.24, 2.45) is 0 Å².